The lowest BCUT2D eigenvalue weighted by Crippen LogP contribution is -2.40. The first-order valence-electron chi connectivity index (χ1n) is 9.42. The molecule has 0 atom stereocenters. The zero-order valence-corrected chi connectivity index (χ0v) is 18.7. The van der Waals surface area contributed by atoms with Gasteiger partial charge in [-0.2, -0.15) is 4.31 Å². The van der Waals surface area contributed by atoms with Gasteiger partial charge < -0.3 is 14.8 Å². The normalized spacial score (nSPS) is 15.3. The van der Waals surface area contributed by atoms with Crippen LogP contribution in [0.1, 0.15) is 25.6 Å². The number of carbonyl (C=O) groups is 1. The number of benzene rings is 1. The van der Waals surface area contributed by atoms with E-state index in [0.717, 1.165) is 5.82 Å². The number of nitrogens with one attached hydrogen (secondary N) is 2. The van der Waals surface area contributed by atoms with Crippen LogP contribution in [0.5, 0.6) is 5.75 Å². The second-order valence-corrected chi connectivity index (χ2v) is 9.73. The van der Waals surface area contributed by atoms with Crippen molar-refractivity contribution < 1.29 is 22.7 Å². The Bertz CT molecular complexity index is 987. The number of methoxy groups -OCH3 is 1. The molecule has 30 heavy (non-hydrogen) atoms. The summed E-state index contributed by atoms with van der Waals surface area (Å²) in [7, 11) is -2.37. The average molecular weight is 456 g/mol. The number of anilines is 1. The third kappa shape index (κ3) is 5.31. The quantitative estimate of drug-likeness (QED) is 0.576. The number of nitrogens with zero attached hydrogens (tertiary/aromatic N) is 3. The Labute approximate surface area is 179 Å². The summed E-state index contributed by atoms with van der Waals surface area (Å²) in [6.45, 7) is 5.22. The topological polar surface area (TPSA) is 127 Å². The standard InChI is InChI=1S/C18H25N5O5S2/c1-12(2)17-20-18(22-21-17)29-11-16(24)19-13-4-5-14(27-3)15(10-13)30(25,26)23-6-8-28-9-7-23/h4-5,10,12H,6-9,11H2,1-3H3,(H,19,24)(H,20,21,22). The molecule has 3 rings (SSSR count). The molecule has 0 radical (unpaired) electrons. The Morgan fingerprint density at radius 2 is 2.10 bits per heavy atom. The molecule has 1 aliphatic rings. The fourth-order valence-corrected chi connectivity index (χ4v) is 4.99. The van der Waals surface area contributed by atoms with Gasteiger partial charge in [0, 0.05) is 24.7 Å². The molecule has 1 aromatic heterocycles. The van der Waals surface area contributed by atoms with E-state index in [4.69, 9.17) is 9.47 Å². The molecule has 12 heteroatoms. The summed E-state index contributed by atoms with van der Waals surface area (Å²) >= 11 is 1.20. The van der Waals surface area contributed by atoms with E-state index in [-0.39, 0.29) is 41.3 Å². The van der Waals surface area contributed by atoms with Gasteiger partial charge in [-0.15, -0.1) is 5.10 Å². The maximum absolute atomic E-state index is 13.0. The van der Waals surface area contributed by atoms with Crippen LogP contribution in [-0.4, -0.2) is 73.0 Å². The van der Waals surface area contributed by atoms with E-state index >= 15 is 0 Å². The number of hydrogen-bond donors (Lipinski definition) is 2. The number of hydrogen-bond acceptors (Lipinski definition) is 8. The van der Waals surface area contributed by atoms with Crippen molar-refractivity contribution in [1.82, 2.24) is 19.5 Å². The third-order valence-electron chi connectivity index (χ3n) is 4.40. The van der Waals surface area contributed by atoms with Crippen molar-refractivity contribution in [3.63, 3.8) is 0 Å². The van der Waals surface area contributed by atoms with Gasteiger partial charge in [-0.1, -0.05) is 25.6 Å². The molecule has 1 amide bonds. The maximum atomic E-state index is 13.0. The summed E-state index contributed by atoms with van der Waals surface area (Å²) < 4.78 is 37.9. The number of rotatable bonds is 8. The number of H-pyrrole nitrogens is 1. The molecule has 1 saturated heterocycles. The molecule has 1 aromatic carbocycles. The molecule has 0 saturated carbocycles. The molecule has 1 fully saturated rings. The monoisotopic (exact) mass is 455 g/mol. The molecule has 10 nitrogen and oxygen atoms in total. The summed E-state index contributed by atoms with van der Waals surface area (Å²) in [6, 6.07) is 4.54. The minimum atomic E-state index is -3.78. The Balaban J connectivity index is 1.70. The van der Waals surface area contributed by atoms with Crippen molar-refractivity contribution in [2.45, 2.75) is 29.8 Å². The Morgan fingerprint density at radius 3 is 2.73 bits per heavy atom. The first kappa shape index (κ1) is 22.5. The molecule has 0 unspecified atom stereocenters. The van der Waals surface area contributed by atoms with Crippen LogP contribution < -0.4 is 10.1 Å². The number of ether oxygens (including phenoxy) is 2. The first-order valence-corrected chi connectivity index (χ1v) is 11.8. The van der Waals surface area contributed by atoms with Gasteiger partial charge in [-0.3, -0.25) is 9.89 Å². The summed E-state index contributed by atoms with van der Waals surface area (Å²) in [6.07, 6.45) is 0. The van der Waals surface area contributed by atoms with Crippen molar-refractivity contribution in [3.8, 4) is 5.75 Å². The Kier molecular flexibility index (Phi) is 7.34. The summed E-state index contributed by atoms with van der Waals surface area (Å²) in [5.74, 6) is 0.983. The van der Waals surface area contributed by atoms with Crippen molar-refractivity contribution in [2.75, 3.05) is 44.5 Å². The van der Waals surface area contributed by atoms with Crippen LogP contribution in [0.15, 0.2) is 28.3 Å². The molecule has 0 bridgehead atoms. The summed E-state index contributed by atoms with van der Waals surface area (Å²) in [4.78, 5) is 16.7. The first-order chi connectivity index (χ1) is 14.3. The molecule has 2 aromatic rings. The molecule has 2 N–H and O–H groups in total. The van der Waals surface area contributed by atoms with Crippen LogP contribution in [0.3, 0.4) is 0 Å². The predicted molar refractivity (Wildman–Crippen MR) is 112 cm³/mol. The lowest BCUT2D eigenvalue weighted by Gasteiger charge is -2.26. The molecule has 0 spiro atoms. The third-order valence-corrected chi connectivity index (χ3v) is 7.16. The molecular formula is C18H25N5O5S2. The van der Waals surface area contributed by atoms with Crippen molar-refractivity contribution >= 4 is 33.4 Å². The van der Waals surface area contributed by atoms with Gasteiger partial charge in [-0.25, -0.2) is 13.4 Å². The van der Waals surface area contributed by atoms with Gasteiger partial charge >= 0.3 is 0 Å². The highest BCUT2D eigenvalue weighted by atomic mass is 32.2. The lowest BCUT2D eigenvalue weighted by molar-refractivity contribution is -0.113. The minimum Gasteiger partial charge on any atom is -0.495 e. The van der Waals surface area contributed by atoms with Gasteiger partial charge in [-0.05, 0) is 18.2 Å². The van der Waals surface area contributed by atoms with E-state index in [0.29, 0.717) is 24.1 Å². The van der Waals surface area contributed by atoms with Gasteiger partial charge in [0.15, 0.2) is 0 Å². The number of carbonyl (C=O) groups excluding carboxylic acids is 1. The van der Waals surface area contributed by atoms with E-state index in [1.165, 1.54) is 35.3 Å². The average Bonchev–Trinajstić information content (AvgIpc) is 3.22. The predicted octanol–water partition coefficient (Wildman–Crippen LogP) is 1.69. The second kappa shape index (κ2) is 9.77. The van der Waals surface area contributed by atoms with Crippen LogP contribution in [0.25, 0.3) is 0 Å². The molecule has 2 heterocycles. The van der Waals surface area contributed by atoms with Crippen LogP contribution in [-0.2, 0) is 19.6 Å². The molecule has 1 aliphatic heterocycles. The number of thioether (sulfide) groups is 1. The van der Waals surface area contributed by atoms with Gasteiger partial charge in [0.1, 0.15) is 16.5 Å². The van der Waals surface area contributed by atoms with E-state index in [2.05, 4.69) is 20.5 Å². The van der Waals surface area contributed by atoms with Crippen LogP contribution in [0.2, 0.25) is 0 Å². The van der Waals surface area contributed by atoms with Crippen LogP contribution in [0, 0.1) is 0 Å². The van der Waals surface area contributed by atoms with Crippen LogP contribution in [0.4, 0.5) is 5.69 Å². The van der Waals surface area contributed by atoms with Gasteiger partial charge in [0.05, 0.1) is 26.1 Å². The smallest absolute Gasteiger partial charge is 0.246 e. The molecule has 164 valence electrons. The number of aromatic amines is 1. The van der Waals surface area contributed by atoms with Crippen molar-refractivity contribution in [2.24, 2.45) is 0 Å². The molecular weight excluding hydrogens is 430 g/mol. The maximum Gasteiger partial charge on any atom is 0.246 e. The Hall–Kier alpha value is -2.15. The number of morpholine rings is 1. The van der Waals surface area contributed by atoms with Gasteiger partial charge in [0.2, 0.25) is 21.1 Å². The fourth-order valence-electron chi connectivity index (χ4n) is 2.79. The largest absolute Gasteiger partial charge is 0.495 e. The number of amides is 1. The summed E-state index contributed by atoms with van der Waals surface area (Å²) in [5, 5.41) is 10.1. The minimum absolute atomic E-state index is 0.00731. The van der Waals surface area contributed by atoms with E-state index in [1.807, 2.05) is 13.8 Å². The van der Waals surface area contributed by atoms with Crippen LogP contribution >= 0.6 is 11.8 Å². The van der Waals surface area contributed by atoms with E-state index in [9.17, 15) is 13.2 Å². The highest BCUT2D eigenvalue weighted by molar-refractivity contribution is 7.99. The number of aromatic nitrogens is 3. The van der Waals surface area contributed by atoms with Crippen molar-refractivity contribution in [1.29, 1.82) is 0 Å². The summed E-state index contributed by atoms with van der Waals surface area (Å²) in [5.41, 5.74) is 0.367. The van der Waals surface area contributed by atoms with Gasteiger partial charge in [0.25, 0.3) is 0 Å². The Morgan fingerprint density at radius 1 is 1.37 bits per heavy atom. The second-order valence-electron chi connectivity index (χ2n) is 6.88. The highest BCUT2D eigenvalue weighted by Gasteiger charge is 2.29. The highest BCUT2D eigenvalue weighted by Crippen LogP contribution is 2.30. The molecule has 0 aliphatic carbocycles. The SMILES string of the molecule is COc1ccc(NC(=O)CSc2n[nH]c(C(C)C)n2)cc1S(=O)(=O)N1CCOCC1. The zero-order valence-electron chi connectivity index (χ0n) is 17.0. The fraction of sp³-hybridized carbons (Fsp3) is 0.500. The van der Waals surface area contributed by atoms with Crippen molar-refractivity contribution in [3.05, 3.63) is 24.0 Å². The van der Waals surface area contributed by atoms with E-state index in [1.54, 1.807) is 6.07 Å². The van der Waals surface area contributed by atoms with E-state index < -0.39 is 10.0 Å². The zero-order chi connectivity index (χ0) is 21.7. The lowest BCUT2D eigenvalue weighted by atomic mass is 10.2. The number of sulfonamides is 1.